The summed E-state index contributed by atoms with van der Waals surface area (Å²) in [6, 6.07) is 3.69. The molecule has 1 rings (SSSR count). The van der Waals surface area contributed by atoms with E-state index in [1.54, 1.807) is 22.6 Å². The van der Waals surface area contributed by atoms with Gasteiger partial charge in [-0.2, -0.15) is 17.2 Å². The van der Waals surface area contributed by atoms with Gasteiger partial charge >= 0.3 is 27.4 Å². The lowest BCUT2D eigenvalue weighted by molar-refractivity contribution is -0.00950. The highest BCUT2D eigenvalue weighted by atomic mass is 127. The number of carbonyl (C=O) groups excluding carboxylic acids is 2. The van der Waals surface area contributed by atoms with Crippen molar-refractivity contribution in [2.45, 2.75) is 5.25 Å². The Labute approximate surface area is 155 Å². The molecule has 2 N–H and O–H groups in total. The molecule has 0 saturated carbocycles. The largest absolute Gasteiger partial charge is 0.454 e. The highest BCUT2D eigenvalue weighted by molar-refractivity contribution is 14.1. The van der Waals surface area contributed by atoms with Gasteiger partial charge in [-0.1, -0.05) is 12.7 Å². The molecule has 1 amide bonds. The average Bonchev–Trinajstić information content (AvgIpc) is 2.51. The molecule has 138 valence electrons. The maximum Gasteiger partial charge on any atom is 0.411 e. The molecule has 25 heavy (non-hydrogen) atoms. The number of benzene rings is 1. The first-order chi connectivity index (χ1) is 11.5. The highest BCUT2D eigenvalue weighted by Gasteiger charge is 2.45. The number of rotatable bonds is 7. The molecule has 0 radical (unpaired) electrons. The summed E-state index contributed by atoms with van der Waals surface area (Å²) in [5.74, 6) is -1.23. The second-order valence-electron chi connectivity index (χ2n) is 4.40. The Kier molecular flexibility index (Phi) is 7.25. The molecule has 1 aromatic carbocycles. The topological polar surface area (TPSA) is 119 Å². The molecule has 0 aliphatic heterocycles. The number of anilines is 1. The van der Waals surface area contributed by atoms with Crippen LogP contribution in [0.4, 0.5) is 19.3 Å². The van der Waals surface area contributed by atoms with Crippen LogP contribution in [0.25, 0.3) is 0 Å². The van der Waals surface area contributed by atoms with E-state index in [-0.39, 0.29) is 17.9 Å². The van der Waals surface area contributed by atoms with Crippen molar-refractivity contribution in [1.82, 2.24) is 0 Å². The Morgan fingerprint density at radius 2 is 2.00 bits per heavy atom. The van der Waals surface area contributed by atoms with Crippen LogP contribution >= 0.6 is 22.6 Å². The number of alkyl halides is 2. The molecule has 0 unspecified atom stereocenters. The maximum absolute atomic E-state index is 13.0. The summed E-state index contributed by atoms with van der Waals surface area (Å²) >= 11 is 1.77. The van der Waals surface area contributed by atoms with Crippen molar-refractivity contribution in [2.24, 2.45) is 0 Å². The van der Waals surface area contributed by atoms with Gasteiger partial charge in [0.2, 0.25) is 0 Å². The molecule has 0 aliphatic rings. The maximum atomic E-state index is 13.0. The predicted molar refractivity (Wildman–Crippen MR) is 91.1 cm³/mol. The summed E-state index contributed by atoms with van der Waals surface area (Å²) in [6.07, 6.45) is 0.604. The number of esters is 1. The van der Waals surface area contributed by atoms with Gasteiger partial charge in [0, 0.05) is 3.57 Å². The smallest absolute Gasteiger partial charge is 0.411 e. The first-order valence-electron chi connectivity index (χ1n) is 6.34. The second-order valence-corrected chi connectivity index (χ2v) is 7.10. The van der Waals surface area contributed by atoms with Gasteiger partial charge < -0.3 is 9.47 Å². The summed E-state index contributed by atoms with van der Waals surface area (Å²) in [5.41, 5.74) is 0.120. The number of amides is 1. The summed E-state index contributed by atoms with van der Waals surface area (Å²) in [4.78, 5) is 23.1. The summed E-state index contributed by atoms with van der Waals surface area (Å²) in [6.45, 7) is 1.53. The van der Waals surface area contributed by atoms with Gasteiger partial charge in [-0.15, -0.1) is 0 Å². The third-order valence-corrected chi connectivity index (χ3v) is 4.29. The Morgan fingerprint density at radius 3 is 2.52 bits per heavy atom. The van der Waals surface area contributed by atoms with E-state index in [0.717, 1.165) is 0 Å². The predicted octanol–water partition coefficient (Wildman–Crippen LogP) is 2.66. The van der Waals surface area contributed by atoms with Crippen molar-refractivity contribution in [3.63, 3.8) is 0 Å². The molecule has 0 spiro atoms. The van der Waals surface area contributed by atoms with Crippen molar-refractivity contribution in [2.75, 3.05) is 18.5 Å². The SMILES string of the molecule is C=CCOC(=O)Nc1ccc(C(=O)OCC(F)(F)S(=O)(=O)O)cc1I. The lowest BCUT2D eigenvalue weighted by atomic mass is 10.2. The molecule has 0 fully saturated rings. The normalized spacial score (nSPS) is 11.5. The quantitative estimate of drug-likeness (QED) is 0.261. The first kappa shape index (κ1) is 21.2. The van der Waals surface area contributed by atoms with E-state index in [2.05, 4.69) is 16.6 Å². The van der Waals surface area contributed by atoms with E-state index >= 15 is 0 Å². The Morgan fingerprint density at radius 1 is 1.36 bits per heavy atom. The van der Waals surface area contributed by atoms with Crippen LogP contribution < -0.4 is 5.32 Å². The van der Waals surface area contributed by atoms with Crippen LogP contribution in [-0.2, 0) is 19.6 Å². The van der Waals surface area contributed by atoms with Crippen LogP contribution in [0.3, 0.4) is 0 Å². The number of halogens is 3. The number of carbonyl (C=O) groups is 2. The lowest BCUT2D eigenvalue weighted by Gasteiger charge is -2.13. The number of ether oxygens (including phenoxy) is 2. The van der Waals surface area contributed by atoms with Crippen molar-refractivity contribution in [3.05, 3.63) is 40.0 Å². The van der Waals surface area contributed by atoms with Gasteiger partial charge in [0.1, 0.15) is 6.61 Å². The van der Waals surface area contributed by atoms with Crippen LogP contribution in [0.15, 0.2) is 30.9 Å². The molecule has 0 saturated heterocycles. The zero-order valence-electron chi connectivity index (χ0n) is 12.4. The van der Waals surface area contributed by atoms with Crippen LogP contribution in [0.5, 0.6) is 0 Å². The Hall–Kier alpha value is -1.80. The van der Waals surface area contributed by atoms with Gasteiger partial charge in [0.25, 0.3) is 0 Å². The van der Waals surface area contributed by atoms with E-state index in [4.69, 9.17) is 9.29 Å². The second kappa shape index (κ2) is 8.53. The van der Waals surface area contributed by atoms with Crippen molar-refractivity contribution < 1.29 is 40.8 Å². The number of nitrogens with one attached hydrogen (secondary N) is 1. The highest BCUT2D eigenvalue weighted by Crippen LogP contribution is 2.23. The molecule has 1 aromatic rings. The molecule has 0 aromatic heterocycles. The van der Waals surface area contributed by atoms with Crippen LogP contribution in [0.2, 0.25) is 0 Å². The molecular formula is C13H12F2INO7S. The first-order valence-corrected chi connectivity index (χ1v) is 8.86. The fourth-order valence-corrected chi connectivity index (χ4v) is 2.19. The van der Waals surface area contributed by atoms with Gasteiger partial charge in [-0.25, -0.2) is 9.59 Å². The minimum absolute atomic E-state index is 0.00516. The number of hydrogen-bond acceptors (Lipinski definition) is 6. The Bertz CT molecular complexity index is 783. The fourth-order valence-electron chi connectivity index (χ4n) is 1.33. The summed E-state index contributed by atoms with van der Waals surface area (Å²) < 4.78 is 64.5. The van der Waals surface area contributed by atoms with Crippen molar-refractivity contribution in [1.29, 1.82) is 0 Å². The standard InChI is InChI=1S/C13H12F2INO7S/c1-2-5-23-12(19)17-10-4-3-8(6-9(10)16)11(18)24-7-13(14,15)25(20,21)22/h2-4,6H,1,5,7H2,(H,17,19)(H,20,21,22). The van der Waals surface area contributed by atoms with E-state index < -0.39 is 34.0 Å². The zero-order chi connectivity index (χ0) is 19.3. The van der Waals surface area contributed by atoms with Gasteiger partial charge in [0.05, 0.1) is 11.3 Å². The van der Waals surface area contributed by atoms with Gasteiger partial charge in [0.15, 0.2) is 6.61 Å². The minimum Gasteiger partial charge on any atom is -0.454 e. The van der Waals surface area contributed by atoms with Crippen molar-refractivity contribution >= 4 is 50.5 Å². The fraction of sp³-hybridized carbons (Fsp3) is 0.231. The monoisotopic (exact) mass is 491 g/mol. The zero-order valence-corrected chi connectivity index (χ0v) is 15.3. The Balaban J connectivity index is 2.77. The van der Waals surface area contributed by atoms with E-state index in [0.29, 0.717) is 3.57 Å². The summed E-state index contributed by atoms with van der Waals surface area (Å²) in [5, 5.41) is -2.23. The lowest BCUT2D eigenvalue weighted by Crippen LogP contribution is -2.34. The summed E-state index contributed by atoms with van der Waals surface area (Å²) in [7, 11) is -5.70. The number of hydrogen-bond donors (Lipinski definition) is 2. The molecule has 0 aliphatic carbocycles. The van der Waals surface area contributed by atoms with Crippen LogP contribution in [-0.4, -0.2) is 43.5 Å². The van der Waals surface area contributed by atoms with Crippen LogP contribution in [0, 0.1) is 3.57 Å². The molecule has 0 atom stereocenters. The van der Waals surface area contributed by atoms with Gasteiger partial charge in [-0.3, -0.25) is 9.87 Å². The van der Waals surface area contributed by atoms with Gasteiger partial charge in [-0.05, 0) is 40.8 Å². The molecule has 12 heteroatoms. The molecule has 8 nitrogen and oxygen atoms in total. The minimum atomic E-state index is -5.70. The van der Waals surface area contributed by atoms with Crippen molar-refractivity contribution in [3.8, 4) is 0 Å². The van der Waals surface area contributed by atoms with E-state index in [1.807, 2.05) is 0 Å². The third-order valence-electron chi connectivity index (χ3n) is 2.52. The molecular weight excluding hydrogens is 479 g/mol. The van der Waals surface area contributed by atoms with Crippen LogP contribution in [0.1, 0.15) is 10.4 Å². The van der Waals surface area contributed by atoms with E-state index in [9.17, 15) is 26.8 Å². The average molecular weight is 491 g/mol. The molecule has 0 bridgehead atoms. The van der Waals surface area contributed by atoms with E-state index in [1.165, 1.54) is 24.3 Å². The molecule has 0 heterocycles. The third kappa shape index (κ3) is 6.21.